The lowest BCUT2D eigenvalue weighted by molar-refractivity contribution is -0.120. The van der Waals surface area contributed by atoms with Gasteiger partial charge in [-0.1, -0.05) is 12.8 Å². The maximum absolute atomic E-state index is 11.6. The molecule has 2 aliphatic carbocycles. The Hall–Kier alpha value is -0.220. The van der Waals surface area contributed by atoms with Crippen molar-refractivity contribution in [1.82, 2.24) is 10.6 Å². The number of thioether (sulfide) groups is 1. The van der Waals surface area contributed by atoms with Crippen molar-refractivity contribution in [2.24, 2.45) is 0 Å². The van der Waals surface area contributed by atoms with Crippen LogP contribution < -0.4 is 10.6 Å². The summed E-state index contributed by atoms with van der Waals surface area (Å²) >= 11 is 1.92. The van der Waals surface area contributed by atoms with E-state index >= 15 is 0 Å². The Morgan fingerprint density at radius 3 is 2.62 bits per heavy atom. The van der Waals surface area contributed by atoms with E-state index in [0.717, 1.165) is 6.54 Å². The van der Waals surface area contributed by atoms with Gasteiger partial charge in [0.05, 0.1) is 6.54 Å². The third-order valence-corrected chi connectivity index (χ3v) is 5.10. The van der Waals surface area contributed by atoms with Crippen molar-refractivity contribution in [2.45, 2.75) is 49.3 Å². The van der Waals surface area contributed by atoms with Crippen LogP contribution in [0.1, 0.15) is 38.5 Å². The number of hydrogen-bond acceptors (Lipinski definition) is 3. The normalized spacial score (nSPS) is 23.3. The van der Waals surface area contributed by atoms with Gasteiger partial charge in [-0.25, -0.2) is 0 Å². The van der Waals surface area contributed by atoms with Crippen LogP contribution in [0, 0.1) is 0 Å². The third kappa shape index (κ3) is 3.39. The highest BCUT2D eigenvalue weighted by atomic mass is 32.2. The minimum atomic E-state index is 0.159. The molecule has 0 heterocycles. The standard InChI is InChI=1S/C12H22N2OS/c1-16-12(6-2-3-7-12)9-14-11(15)8-13-10-4-5-10/h10,13H,2-9H2,1H3,(H,14,15). The largest absolute Gasteiger partial charge is 0.354 e. The van der Waals surface area contributed by atoms with E-state index in [1.54, 1.807) is 0 Å². The van der Waals surface area contributed by atoms with Crippen molar-refractivity contribution in [3.63, 3.8) is 0 Å². The molecule has 16 heavy (non-hydrogen) atoms. The number of rotatable bonds is 6. The molecule has 2 saturated carbocycles. The maximum Gasteiger partial charge on any atom is 0.234 e. The second kappa shape index (κ2) is 5.41. The summed E-state index contributed by atoms with van der Waals surface area (Å²) < 4.78 is 0.329. The molecule has 0 bridgehead atoms. The Labute approximate surface area is 102 Å². The summed E-state index contributed by atoms with van der Waals surface area (Å²) in [6.45, 7) is 1.34. The zero-order chi connectivity index (χ0) is 11.4. The van der Waals surface area contributed by atoms with Crippen LogP contribution in [-0.4, -0.2) is 36.0 Å². The second-order valence-corrected chi connectivity index (χ2v) is 6.30. The van der Waals surface area contributed by atoms with Gasteiger partial charge in [-0.05, 0) is 31.9 Å². The minimum absolute atomic E-state index is 0.159. The molecule has 0 aromatic carbocycles. The molecular weight excluding hydrogens is 220 g/mol. The minimum Gasteiger partial charge on any atom is -0.354 e. The van der Waals surface area contributed by atoms with Crippen LogP contribution in [0.25, 0.3) is 0 Å². The molecule has 2 fully saturated rings. The predicted octanol–water partition coefficient (Wildman–Crippen LogP) is 1.53. The van der Waals surface area contributed by atoms with Gasteiger partial charge in [0, 0.05) is 17.3 Å². The molecule has 2 aliphatic rings. The number of carbonyl (C=O) groups is 1. The van der Waals surface area contributed by atoms with Gasteiger partial charge < -0.3 is 10.6 Å². The van der Waals surface area contributed by atoms with Gasteiger partial charge >= 0.3 is 0 Å². The molecule has 0 aromatic heterocycles. The fraction of sp³-hybridized carbons (Fsp3) is 0.917. The van der Waals surface area contributed by atoms with Crippen LogP contribution in [0.3, 0.4) is 0 Å². The molecule has 3 nitrogen and oxygen atoms in total. The monoisotopic (exact) mass is 242 g/mol. The summed E-state index contributed by atoms with van der Waals surface area (Å²) in [4.78, 5) is 11.6. The lowest BCUT2D eigenvalue weighted by Gasteiger charge is -2.26. The highest BCUT2D eigenvalue weighted by Crippen LogP contribution is 2.39. The molecule has 0 atom stereocenters. The van der Waals surface area contributed by atoms with Gasteiger partial charge in [0.2, 0.25) is 5.91 Å². The van der Waals surface area contributed by atoms with E-state index in [4.69, 9.17) is 0 Å². The fourth-order valence-corrected chi connectivity index (χ4v) is 3.23. The smallest absolute Gasteiger partial charge is 0.234 e. The van der Waals surface area contributed by atoms with Crippen LogP contribution in [-0.2, 0) is 4.79 Å². The van der Waals surface area contributed by atoms with E-state index in [2.05, 4.69) is 16.9 Å². The predicted molar refractivity (Wildman–Crippen MR) is 68.7 cm³/mol. The quantitative estimate of drug-likeness (QED) is 0.742. The summed E-state index contributed by atoms with van der Waals surface area (Å²) in [5.74, 6) is 0.159. The van der Waals surface area contributed by atoms with Gasteiger partial charge in [-0.3, -0.25) is 4.79 Å². The molecule has 1 amide bonds. The Bertz CT molecular complexity index is 247. The lowest BCUT2D eigenvalue weighted by Crippen LogP contribution is -2.42. The van der Waals surface area contributed by atoms with E-state index in [1.807, 2.05) is 11.8 Å². The Kier molecular flexibility index (Phi) is 4.14. The first kappa shape index (κ1) is 12.2. The number of hydrogen-bond donors (Lipinski definition) is 2. The Morgan fingerprint density at radius 1 is 1.38 bits per heavy atom. The van der Waals surface area contributed by atoms with Gasteiger partial charge in [-0.2, -0.15) is 11.8 Å². The topological polar surface area (TPSA) is 41.1 Å². The van der Waals surface area contributed by atoms with Crippen molar-refractivity contribution < 1.29 is 4.79 Å². The fourth-order valence-electron chi connectivity index (χ4n) is 2.32. The van der Waals surface area contributed by atoms with Crippen LogP contribution >= 0.6 is 11.8 Å². The van der Waals surface area contributed by atoms with E-state index in [1.165, 1.54) is 38.5 Å². The van der Waals surface area contributed by atoms with Crippen molar-refractivity contribution in [2.75, 3.05) is 19.3 Å². The molecular formula is C12H22N2OS. The molecule has 0 saturated heterocycles. The van der Waals surface area contributed by atoms with Crippen LogP contribution in [0.5, 0.6) is 0 Å². The van der Waals surface area contributed by atoms with Gasteiger partial charge in [0.15, 0.2) is 0 Å². The first-order valence-corrected chi connectivity index (χ1v) is 7.52. The number of nitrogens with one attached hydrogen (secondary N) is 2. The lowest BCUT2D eigenvalue weighted by atomic mass is 10.1. The van der Waals surface area contributed by atoms with Crippen LogP contribution in [0.15, 0.2) is 0 Å². The molecule has 4 heteroatoms. The Morgan fingerprint density at radius 2 is 2.06 bits per heavy atom. The average Bonchev–Trinajstić information content (AvgIpc) is 3.02. The second-order valence-electron chi connectivity index (χ2n) is 5.03. The Balaban J connectivity index is 1.66. The van der Waals surface area contributed by atoms with Crippen molar-refractivity contribution >= 4 is 17.7 Å². The van der Waals surface area contributed by atoms with Gasteiger partial charge in [0.1, 0.15) is 0 Å². The van der Waals surface area contributed by atoms with Crippen LogP contribution in [0.4, 0.5) is 0 Å². The first-order chi connectivity index (χ1) is 7.74. The molecule has 0 spiro atoms. The SMILES string of the molecule is CSC1(CNC(=O)CNC2CC2)CCCC1. The summed E-state index contributed by atoms with van der Waals surface area (Å²) in [6, 6.07) is 0.617. The summed E-state index contributed by atoms with van der Waals surface area (Å²) in [5, 5.41) is 6.32. The molecule has 0 aliphatic heterocycles. The van der Waals surface area contributed by atoms with Gasteiger partial charge in [-0.15, -0.1) is 0 Å². The van der Waals surface area contributed by atoms with Crippen molar-refractivity contribution in [3.8, 4) is 0 Å². The molecule has 0 radical (unpaired) electrons. The summed E-state index contributed by atoms with van der Waals surface area (Å²) in [7, 11) is 0. The molecule has 92 valence electrons. The van der Waals surface area contributed by atoms with Crippen LogP contribution in [0.2, 0.25) is 0 Å². The molecule has 2 N–H and O–H groups in total. The van der Waals surface area contributed by atoms with Crippen molar-refractivity contribution in [1.29, 1.82) is 0 Å². The number of amides is 1. The number of carbonyl (C=O) groups excluding carboxylic acids is 1. The summed E-state index contributed by atoms with van der Waals surface area (Å²) in [5.41, 5.74) is 0. The highest BCUT2D eigenvalue weighted by Gasteiger charge is 2.33. The zero-order valence-electron chi connectivity index (χ0n) is 10.1. The molecule has 2 rings (SSSR count). The first-order valence-electron chi connectivity index (χ1n) is 6.29. The van der Waals surface area contributed by atoms with E-state index in [9.17, 15) is 4.79 Å². The zero-order valence-corrected chi connectivity index (χ0v) is 10.9. The van der Waals surface area contributed by atoms with Gasteiger partial charge in [0.25, 0.3) is 0 Å². The highest BCUT2D eigenvalue weighted by molar-refractivity contribution is 8.00. The van der Waals surface area contributed by atoms with Crippen molar-refractivity contribution in [3.05, 3.63) is 0 Å². The van der Waals surface area contributed by atoms with E-state index < -0.39 is 0 Å². The van der Waals surface area contributed by atoms with E-state index in [-0.39, 0.29) is 5.91 Å². The third-order valence-electron chi connectivity index (χ3n) is 3.68. The molecule has 0 unspecified atom stereocenters. The average molecular weight is 242 g/mol. The van der Waals surface area contributed by atoms with E-state index in [0.29, 0.717) is 17.3 Å². The molecule has 0 aromatic rings. The summed E-state index contributed by atoms with van der Waals surface area (Å²) in [6.07, 6.45) is 9.78. The maximum atomic E-state index is 11.6.